The highest BCUT2D eigenvalue weighted by atomic mass is 32.2. The van der Waals surface area contributed by atoms with Crippen LogP contribution < -0.4 is 5.73 Å². The first-order valence-electron chi connectivity index (χ1n) is 10.0. The molecule has 10 nitrogen and oxygen atoms in total. The normalized spacial score (nSPS) is 13.1. The van der Waals surface area contributed by atoms with Crippen LogP contribution >= 0.6 is 0 Å². The number of phenols is 1. The SMILES string of the molecule is CS(=O)(=O)c1cc2cc(S(=O)[O-])c(N=Nc3ccccc3)c(O)c2c(N)c1N=Nc1ccccc1. The zero-order chi connectivity index (χ0) is 25.2. The third kappa shape index (κ3) is 5.09. The number of benzene rings is 4. The summed E-state index contributed by atoms with van der Waals surface area (Å²) in [6.07, 6.45) is 0.962. The van der Waals surface area contributed by atoms with Crippen LogP contribution in [-0.4, -0.2) is 28.5 Å². The van der Waals surface area contributed by atoms with Gasteiger partial charge in [0.05, 0.1) is 32.2 Å². The van der Waals surface area contributed by atoms with Crippen LogP contribution in [0.4, 0.5) is 28.4 Å². The molecule has 4 aromatic carbocycles. The molecule has 3 N–H and O–H groups in total. The third-order valence-corrected chi connectivity index (χ3v) is 6.72. The lowest BCUT2D eigenvalue weighted by molar-refractivity contribution is 0.480. The molecule has 0 aliphatic carbocycles. The lowest BCUT2D eigenvalue weighted by Gasteiger charge is -2.16. The van der Waals surface area contributed by atoms with Crippen molar-refractivity contribution in [3.05, 3.63) is 72.8 Å². The standard InChI is InChI=1S/C23H19N5O5S2/c1-35(32,33)18-13-14-12-17(34(30)31)21(27-25-15-8-4-2-5-9-15)23(29)19(14)20(24)22(18)28-26-16-10-6-3-7-11-16/h2-13,29H,24H2,1H3,(H,30,31)/p-1. The molecule has 0 radical (unpaired) electrons. The maximum Gasteiger partial charge on any atom is 0.177 e. The summed E-state index contributed by atoms with van der Waals surface area (Å²) in [5.74, 6) is -0.588. The average molecular weight is 509 g/mol. The molecule has 4 rings (SSSR count). The van der Waals surface area contributed by atoms with Crippen molar-refractivity contribution in [2.75, 3.05) is 12.0 Å². The van der Waals surface area contributed by atoms with Gasteiger partial charge in [-0.05, 0) is 52.9 Å². The van der Waals surface area contributed by atoms with Gasteiger partial charge in [-0.3, -0.25) is 4.21 Å². The van der Waals surface area contributed by atoms with Crippen molar-refractivity contribution in [1.82, 2.24) is 0 Å². The van der Waals surface area contributed by atoms with Gasteiger partial charge in [-0.15, -0.1) is 10.2 Å². The predicted molar refractivity (Wildman–Crippen MR) is 132 cm³/mol. The molecule has 0 saturated heterocycles. The third-order valence-electron chi connectivity index (χ3n) is 4.94. The van der Waals surface area contributed by atoms with E-state index in [2.05, 4.69) is 20.5 Å². The van der Waals surface area contributed by atoms with Gasteiger partial charge in [-0.25, -0.2) is 8.42 Å². The quantitative estimate of drug-likeness (QED) is 0.195. The summed E-state index contributed by atoms with van der Waals surface area (Å²) in [6, 6.07) is 19.4. The van der Waals surface area contributed by atoms with E-state index in [0.717, 1.165) is 6.26 Å². The van der Waals surface area contributed by atoms with Crippen LogP contribution in [0.3, 0.4) is 0 Å². The lowest BCUT2D eigenvalue weighted by atomic mass is 10.1. The Bertz CT molecular complexity index is 1610. The molecule has 178 valence electrons. The molecule has 0 fully saturated rings. The van der Waals surface area contributed by atoms with Crippen molar-refractivity contribution in [1.29, 1.82) is 0 Å². The number of phenolic OH excluding ortho intramolecular Hbond substituents is 1. The maximum absolute atomic E-state index is 12.5. The molecule has 4 aromatic rings. The molecule has 0 amide bonds. The summed E-state index contributed by atoms with van der Waals surface area (Å²) in [7, 11) is -3.87. The van der Waals surface area contributed by atoms with Crippen LogP contribution in [0.25, 0.3) is 10.8 Å². The van der Waals surface area contributed by atoms with Crippen LogP contribution in [0, 0.1) is 0 Å². The Morgan fingerprint density at radius 1 is 0.857 bits per heavy atom. The van der Waals surface area contributed by atoms with E-state index in [1.54, 1.807) is 60.7 Å². The van der Waals surface area contributed by atoms with E-state index in [0.29, 0.717) is 11.4 Å². The van der Waals surface area contributed by atoms with Gasteiger partial charge in [0.2, 0.25) is 0 Å². The molecule has 1 atom stereocenters. The Morgan fingerprint density at radius 3 is 1.86 bits per heavy atom. The van der Waals surface area contributed by atoms with Gasteiger partial charge in [-0.1, -0.05) is 36.4 Å². The number of nitrogens with two attached hydrogens (primary N) is 1. The minimum absolute atomic E-state index is 0.0318. The van der Waals surface area contributed by atoms with Gasteiger partial charge in [0.25, 0.3) is 0 Å². The van der Waals surface area contributed by atoms with E-state index in [-0.39, 0.29) is 37.6 Å². The van der Waals surface area contributed by atoms with E-state index in [4.69, 9.17) is 5.73 Å². The Labute approximate surface area is 203 Å². The van der Waals surface area contributed by atoms with Crippen molar-refractivity contribution in [3.63, 3.8) is 0 Å². The number of nitrogens with zero attached hydrogens (tertiary/aromatic N) is 4. The molecule has 0 saturated carbocycles. The monoisotopic (exact) mass is 508 g/mol. The molecule has 0 bridgehead atoms. The fourth-order valence-corrected chi connectivity index (χ4v) is 4.69. The van der Waals surface area contributed by atoms with E-state index in [9.17, 15) is 22.3 Å². The minimum atomic E-state index is -3.87. The molecule has 0 aliphatic rings. The predicted octanol–water partition coefficient (Wildman–Crippen LogP) is 5.60. The Kier molecular flexibility index (Phi) is 6.69. The summed E-state index contributed by atoms with van der Waals surface area (Å²) in [5.41, 5.74) is 6.40. The average Bonchev–Trinajstić information content (AvgIpc) is 2.83. The van der Waals surface area contributed by atoms with Crippen LogP contribution in [0.1, 0.15) is 0 Å². The highest BCUT2D eigenvalue weighted by Gasteiger charge is 2.24. The molecule has 0 spiro atoms. The van der Waals surface area contributed by atoms with Crippen molar-refractivity contribution >= 4 is 60.1 Å². The zero-order valence-electron chi connectivity index (χ0n) is 18.2. The number of azo groups is 2. The summed E-state index contributed by atoms with van der Waals surface area (Å²) in [6.45, 7) is 0. The molecule has 0 aliphatic heterocycles. The van der Waals surface area contributed by atoms with Gasteiger partial charge < -0.3 is 15.4 Å². The number of nitrogen functional groups attached to an aromatic ring is 1. The Balaban J connectivity index is 2.00. The molecule has 35 heavy (non-hydrogen) atoms. The van der Waals surface area contributed by atoms with Crippen LogP contribution in [0.2, 0.25) is 0 Å². The largest absolute Gasteiger partial charge is 0.768 e. The van der Waals surface area contributed by atoms with E-state index in [1.807, 2.05) is 0 Å². The smallest absolute Gasteiger partial charge is 0.177 e. The first kappa shape index (κ1) is 24.1. The van der Waals surface area contributed by atoms with E-state index in [1.165, 1.54) is 12.1 Å². The van der Waals surface area contributed by atoms with Crippen molar-refractivity contribution in [2.24, 2.45) is 20.5 Å². The maximum atomic E-state index is 12.5. The fourth-order valence-electron chi connectivity index (χ4n) is 3.33. The first-order valence-corrected chi connectivity index (χ1v) is 13.0. The van der Waals surface area contributed by atoms with Crippen LogP contribution in [0.15, 0.2) is 103 Å². The highest BCUT2D eigenvalue weighted by molar-refractivity contribution is 7.90. The summed E-state index contributed by atoms with van der Waals surface area (Å²) in [4.78, 5) is -0.657. The highest BCUT2D eigenvalue weighted by Crippen LogP contribution is 2.47. The van der Waals surface area contributed by atoms with E-state index < -0.39 is 26.7 Å². The molecule has 12 heteroatoms. The summed E-state index contributed by atoms with van der Waals surface area (Å²) in [5, 5.41) is 27.1. The van der Waals surface area contributed by atoms with Crippen LogP contribution in [-0.2, 0) is 20.9 Å². The summed E-state index contributed by atoms with van der Waals surface area (Å²) < 4.78 is 48.9. The zero-order valence-corrected chi connectivity index (χ0v) is 19.8. The number of hydrogen-bond donors (Lipinski definition) is 2. The molecule has 1 unspecified atom stereocenters. The number of anilines is 1. The van der Waals surface area contributed by atoms with Gasteiger partial charge in [0.15, 0.2) is 15.6 Å². The second kappa shape index (κ2) is 9.70. The molecular weight excluding hydrogens is 490 g/mol. The van der Waals surface area contributed by atoms with Crippen molar-refractivity contribution < 1.29 is 22.3 Å². The molecular formula is C23H18N5O5S2-. The van der Waals surface area contributed by atoms with Gasteiger partial charge in [0, 0.05) is 6.26 Å². The Hall–Kier alpha value is -4.00. The second-order valence-electron chi connectivity index (χ2n) is 7.38. The topological polar surface area (TPSA) is 170 Å². The van der Waals surface area contributed by atoms with Gasteiger partial charge in [0.1, 0.15) is 11.4 Å². The van der Waals surface area contributed by atoms with Crippen molar-refractivity contribution in [2.45, 2.75) is 9.79 Å². The van der Waals surface area contributed by atoms with E-state index >= 15 is 0 Å². The van der Waals surface area contributed by atoms with Crippen molar-refractivity contribution in [3.8, 4) is 5.75 Å². The number of fused-ring (bicyclic) bond motifs is 1. The molecule has 0 aromatic heterocycles. The fraction of sp³-hybridized carbons (Fsp3) is 0.0435. The number of aromatic hydroxyl groups is 1. The summed E-state index contributed by atoms with van der Waals surface area (Å²) >= 11 is -2.83. The first-order chi connectivity index (χ1) is 16.7. The number of hydrogen-bond acceptors (Lipinski definition) is 10. The lowest BCUT2D eigenvalue weighted by Crippen LogP contribution is -2.02. The Morgan fingerprint density at radius 2 is 1.37 bits per heavy atom. The van der Waals surface area contributed by atoms with Gasteiger partial charge in [-0.2, -0.15) is 10.2 Å². The van der Waals surface area contributed by atoms with Crippen LogP contribution in [0.5, 0.6) is 5.75 Å². The minimum Gasteiger partial charge on any atom is -0.768 e. The molecule has 0 heterocycles. The number of sulfone groups is 1. The van der Waals surface area contributed by atoms with Gasteiger partial charge >= 0.3 is 0 Å². The second-order valence-corrected chi connectivity index (χ2v) is 10.3. The number of rotatable bonds is 6.